The van der Waals surface area contributed by atoms with Crippen molar-refractivity contribution in [1.29, 1.82) is 5.26 Å². The minimum Gasteiger partial charge on any atom is -0.389 e. The van der Waals surface area contributed by atoms with Crippen molar-refractivity contribution >= 4 is 43.3 Å². The number of nitrogens with one attached hydrogen (secondary N) is 1. The van der Waals surface area contributed by atoms with Gasteiger partial charge >= 0.3 is 0 Å². The third-order valence-corrected chi connectivity index (χ3v) is 8.12. The molecule has 11 heteroatoms. The number of nitrogens with two attached hydrogens (primary N) is 1. The molecule has 6 heterocycles. The number of fused-ring (bicyclic) bond motifs is 5. The van der Waals surface area contributed by atoms with Gasteiger partial charge in [-0.1, -0.05) is 0 Å². The van der Waals surface area contributed by atoms with Crippen molar-refractivity contribution in [3.63, 3.8) is 0 Å². The zero-order valence-corrected chi connectivity index (χ0v) is 18.5. The number of benzene rings is 1. The van der Waals surface area contributed by atoms with Crippen LogP contribution >= 0.6 is 11.3 Å². The lowest BCUT2D eigenvalue weighted by molar-refractivity contribution is 0.135. The first kappa shape index (κ1) is 20.0. The van der Waals surface area contributed by atoms with Gasteiger partial charge < -0.3 is 20.7 Å². The summed E-state index contributed by atoms with van der Waals surface area (Å²) >= 11 is 0.956. The minimum atomic E-state index is -0.604. The highest BCUT2D eigenvalue weighted by Crippen LogP contribution is 2.45. The molecule has 2 atom stereocenters. The summed E-state index contributed by atoms with van der Waals surface area (Å²) in [6, 6.07) is 2.75. The van der Waals surface area contributed by atoms with Crippen LogP contribution in [0.4, 0.5) is 19.7 Å². The summed E-state index contributed by atoms with van der Waals surface area (Å²) in [5.41, 5.74) is 7.99. The van der Waals surface area contributed by atoms with Gasteiger partial charge in [0.2, 0.25) is 5.95 Å². The Labute approximate surface area is 196 Å². The summed E-state index contributed by atoms with van der Waals surface area (Å²) in [7, 11) is 0. The first-order chi connectivity index (χ1) is 16.6. The van der Waals surface area contributed by atoms with Crippen molar-refractivity contribution in [2.75, 3.05) is 23.7 Å². The molecule has 0 radical (unpaired) electrons. The van der Waals surface area contributed by atoms with Crippen molar-refractivity contribution < 1.29 is 13.5 Å². The third-order valence-electron chi connectivity index (χ3n) is 7.09. The maximum Gasteiger partial charge on any atom is 0.226 e. The number of nitrogen functional groups attached to an aromatic ring is 1. The van der Waals surface area contributed by atoms with Crippen LogP contribution in [0, 0.1) is 23.0 Å². The van der Waals surface area contributed by atoms with Gasteiger partial charge in [0.1, 0.15) is 16.6 Å². The van der Waals surface area contributed by atoms with E-state index in [0.29, 0.717) is 29.0 Å². The summed E-state index contributed by atoms with van der Waals surface area (Å²) in [6.45, 7) is 2.17. The molecule has 3 aliphatic rings. The van der Waals surface area contributed by atoms with Crippen LogP contribution in [-0.4, -0.2) is 40.1 Å². The lowest BCUT2D eigenvalue weighted by atomic mass is 9.94. The van der Waals surface area contributed by atoms with Crippen LogP contribution in [0.2, 0.25) is 0 Å². The average Bonchev–Trinajstić information content (AvgIpc) is 3.53. The normalized spacial score (nSPS) is 21.0. The lowest BCUT2D eigenvalue weighted by Gasteiger charge is -2.44. The monoisotopic (exact) mass is 477 g/mol. The molecule has 1 aromatic carbocycles. The number of pyridine rings is 1. The number of ether oxygens (including phenoxy) is 1. The van der Waals surface area contributed by atoms with Crippen LogP contribution in [0.5, 0.6) is 0 Å². The Morgan fingerprint density at radius 3 is 2.91 bits per heavy atom. The maximum absolute atomic E-state index is 16.3. The molecule has 0 spiro atoms. The molecular weight excluding hydrogens is 460 g/mol. The third kappa shape index (κ3) is 2.53. The fraction of sp³-hybridized carbons (Fsp3) is 0.304. The Morgan fingerprint density at radius 1 is 1.24 bits per heavy atom. The van der Waals surface area contributed by atoms with Gasteiger partial charge in [0, 0.05) is 35.1 Å². The topological polar surface area (TPSA) is 113 Å². The number of nitriles is 1. The molecule has 3 N–H and O–H groups in total. The molecular formula is C23H17F2N7OS. The van der Waals surface area contributed by atoms with Gasteiger partial charge in [0.15, 0.2) is 11.6 Å². The Morgan fingerprint density at radius 2 is 2.09 bits per heavy atom. The number of hydrogen-bond donors (Lipinski definition) is 2. The van der Waals surface area contributed by atoms with Gasteiger partial charge in [-0.2, -0.15) is 5.26 Å². The fourth-order valence-electron chi connectivity index (χ4n) is 5.43. The summed E-state index contributed by atoms with van der Waals surface area (Å²) in [5, 5.41) is 14.1. The van der Waals surface area contributed by atoms with Crippen molar-refractivity contribution in [2.24, 2.45) is 0 Å². The number of nitrogens with zero attached hydrogens (tertiary/aromatic N) is 5. The van der Waals surface area contributed by atoms with E-state index < -0.39 is 11.6 Å². The van der Waals surface area contributed by atoms with Crippen molar-refractivity contribution in [3.05, 3.63) is 40.7 Å². The van der Waals surface area contributed by atoms with Gasteiger partial charge in [0.05, 0.1) is 41.4 Å². The highest BCUT2D eigenvalue weighted by molar-refractivity contribution is 7.23. The van der Waals surface area contributed by atoms with Crippen LogP contribution in [0.1, 0.15) is 23.1 Å². The van der Waals surface area contributed by atoms with E-state index in [9.17, 15) is 9.65 Å². The van der Waals surface area contributed by atoms with Crippen molar-refractivity contribution in [1.82, 2.24) is 20.3 Å². The fourth-order valence-corrected chi connectivity index (χ4v) is 6.35. The molecule has 7 rings (SSSR count). The van der Waals surface area contributed by atoms with E-state index >= 15 is 4.39 Å². The number of halogens is 2. The predicted octanol–water partition coefficient (Wildman–Crippen LogP) is 3.22. The Hall–Kier alpha value is -3.46. The summed E-state index contributed by atoms with van der Waals surface area (Å²) in [6.07, 6.45) is 3.69. The molecule has 3 aliphatic heterocycles. The van der Waals surface area contributed by atoms with Crippen LogP contribution in [0.25, 0.3) is 32.2 Å². The largest absolute Gasteiger partial charge is 0.389 e. The van der Waals surface area contributed by atoms with E-state index in [2.05, 4.69) is 25.2 Å². The predicted molar refractivity (Wildman–Crippen MR) is 123 cm³/mol. The Bertz CT molecular complexity index is 1580. The van der Waals surface area contributed by atoms with Gasteiger partial charge in [-0.15, -0.1) is 11.3 Å². The van der Waals surface area contributed by atoms with Gasteiger partial charge in [-0.05, 0) is 24.1 Å². The Balaban J connectivity index is 1.50. The van der Waals surface area contributed by atoms with Gasteiger partial charge in [-0.25, -0.2) is 18.7 Å². The van der Waals surface area contributed by atoms with Crippen LogP contribution < -0.4 is 16.0 Å². The van der Waals surface area contributed by atoms with E-state index in [4.69, 9.17) is 10.5 Å². The second kappa shape index (κ2) is 7.02. The molecule has 4 aromatic rings. The van der Waals surface area contributed by atoms with Crippen LogP contribution in [-0.2, 0) is 18.0 Å². The first-order valence-corrected chi connectivity index (χ1v) is 11.7. The summed E-state index contributed by atoms with van der Waals surface area (Å²) in [5.74, 6) is -0.706. The van der Waals surface area contributed by atoms with Crippen molar-refractivity contribution in [2.45, 2.75) is 31.7 Å². The highest BCUT2D eigenvalue weighted by Gasteiger charge is 2.43. The van der Waals surface area contributed by atoms with Gasteiger partial charge in [-0.3, -0.25) is 4.98 Å². The maximum atomic E-state index is 16.3. The first-order valence-electron chi connectivity index (χ1n) is 10.9. The number of anilines is 2. The second-order valence-corrected chi connectivity index (χ2v) is 9.80. The Kier molecular flexibility index (Phi) is 4.12. The zero-order valence-electron chi connectivity index (χ0n) is 17.7. The molecule has 8 nitrogen and oxygen atoms in total. The molecule has 2 fully saturated rings. The second-order valence-electron chi connectivity index (χ2n) is 8.75. The average molecular weight is 478 g/mol. The van der Waals surface area contributed by atoms with E-state index in [1.807, 2.05) is 6.07 Å². The molecule has 3 aromatic heterocycles. The lowest BCUT2D eigenvalue weighted by Crippen LogP contribution is -2.61. The van der Waals surface area contributed by atoms with E-state index in [-0.39, 0.29) is 50.6 Å². The molecule has 0 saturated carbocycles. The molecule has 0 unspecified atom stereocenters. The summed E-state index contributed by atoms with van der Waals surface area (Å²) in [4.78, 5) is 15.5. The van der Waals surface area contributed by atoms with E-state index in [1.165, 1.54) is 0 Å². The van der Waals surface area contributed by atoms with E-state index in [0.717, 1.165) is 42.6 Å². The number of thiophene rings is 1. The quantitative estimate of drug-likeness (QED) is 0.453. The summed E-state index contributed by atoms with van der Waals surface area (Å²) < 4.78 is 36.7. The number of rotatable bonds is 2. The van der Waals surface area contributed by atoms with E-state index in [1.54, 1.807) is 6.20 Å². The molecule has 170 valence electrons. The molecule has 2 saturated heterocycles. The standard InChI is InChI=1S/C23H17F2N7OS/c24-13-5-29-20(17-9(3-26)22(27)34-21(13)17)16-12-8-33-7-11(12)10-4-30-23(31-19(10)18(16)25)32-6-14-15(32)1-2-28-14/h4-5,14-15,28H,1-2,6-8,27H2/t14-,15-/m0/s1. The van der Waals surface area contributed by atoms with Crippen LogP contribution in [0.15, 0.2) is 12.4 Å². The molecule has 34 heavy (non-hydrogen) atoms. The number of aromatic nitrogens is 3. The molecule has 0 bridgehead atoms. The smallest absolute Gasteiger partial charge is 0.226 e. The molecule has 0 aliphatic carbocycles. The van der Waals surface area contributed by atoms with Crippen molar-refractivity contribution in [3.8, 4) is 17.3 Å². The zero-order chi connectivity index (χ0) is 23.1. The highest BCUT2D eigenvalue weighted by atomic mass is 32.1. The SMILES string of the molecule is N#Cc1c(N)sc2c(F)cnc(-c3c4c(c5cnc(N6C[C@@H]7NCC[C@@H]76)nc5c3F)COC4)c12. The number of hydrogen-bond acceptors (Lipinski definition) is 9. The minimum absolute atomic E-state index is 0.0953. The molecule has 0 amide bonds. The van der Waals surface area contributed by atoms with Crippen LogP contribution in [0.3, 0.4) is 0 Å². The van der Waals surface area contributed by atoms with Gasteiger partial charge in [0.25, 0.3) is 0 Å².